The Morgan fingerprint density at radius 2 is 2.25 bits per heavy atom. The van der Waals surface area contributed by atoms with E-state index in [1.165, 1.54) is 0 Å². The lowest BCUT2D eigenvalue weighted by Gasteiger charge is -2.37. The molecule has 1 aromatic carbocycles. The molecular formula is C15H21ClN2O2. The summed E-state index contributed by atoms with van der Waals surface area (Å²) in [4.78, 5) is 12.4. The van der Waals surface area contributed by atoms with E-state index < -0.39 is 5.54 Å². The predicted molar refractivity (Wildman–Crippen MR) is 81.2 cm³/mol. The van der Waals surface area contributed by atoms with Crippen LogP contribution < -0.4 is 15.8 Å². The monoisotopic (exact) mass is 296 g/mol. The Hall–Kier alpha value is -1.26. The van der Waals surface area contributed by atoms with Crippen LogP contribution in [-0.2, 0) is 4.79 Å². The van der Waals surface area contributed by atoms with Crippen molar-refractivity contribution in [2.24, 2.45) is 11.7 Å². The summed E-state index contributed by atoms with van der Waals surface area (Å²) in [5.74, 6) is 0.402. The topological polar surface area (TPSA) is 64.3 Å². The van der Waals surface area contributed by atoms with Crippen LogP contribution in [0.25, 0.3) is 0 Å². The summed E-state index contributed by atoms with van der Waals surface area (Å²) < 4.78 is 5.09. The minimum absolute atomic E-state index is 0.0315. The Labute approximate surface area is 124 Å². The zero-order valence-corrected chi connectivity index (χ0v) is 12.7. The molecule has 1 saturated carbocycles. The highest BCUT2D eigenvalue weighted by Gasteiger charge is 2.37. The normalized spacial score (nSPS) is 26.1. The molecular weight excluding hydrogens is 276 g/mol. The van der Waals surface area contributed by atoms with Crippen molar-refractivity contribution in [3.05, 3.63) is 23.2 Å². The van der Waals surface area contributed by atoms with Gasteiger partial charge in [-0.1, -0.05) is 24.4 Å². The van der Waals surface area contributed by atoms with E-state index in [0.29, 0.717) is 16.5 Å². The van der Waals surface area contributed by atoms with Gasteiger partial charge in [-0.25, -0.2) is 0 Å². The van der Waals surface area contributed by atoms with E-state index in [1.54, 1.807) is 25.3 Å². The van der Waals surface area contributed by atoms with E-state index in [1.807, 2.05) is 6.92 Å². The molecule has 3 N–H and O–H groups in total. The lowest BCUT2D eigenvalue weighted by atomic mass is 9.74. The third kappa shape index (κ3) is 3.25. The first-order chi connectivity index (χ1) is 9.44. The van der Waals surface area contributed by atoms with E-state index in [0.717, 1.165) is 25.7 Å². The van der Waals surface area contributed by atoms with Gasteiger partial charge in [0, 0.05) is 11.2 Å². The van der Waals surface area contributed by atoms with Gasteiger partial charge in [0.2, 0.25) is 5.91 Å². The van der Waals surface area contributed by atoms with Crippen molar-refractivity contribution in [3.63, 3.8) is 0 Å². The number of benzene rings is 1. The van der Waals surface area contributed by atoms with E-state index in [4.69, 9.17) is 22.1 Å². The number of nitrogens with one attached hydrogen (secondary N) is 1. The Morgan fingerprint density at radius 3 is 2.85 bits per heavy atom. The number of ether oxygens (including phenoxy) is 1. The second-order valence-electron chi connectivity index (χ2n) is 5.64. The van der Waals surface area contributed by atoms with Gasteiger partial charge >= 0.3 is 0 Å². The first kappa shape index (κ1) is 15.1. The molecule has 1 aliphatic carbocycles. The van der Waals surface area contributed by atoms with Crippen LogP contribution in [0, 0.1) is 5.92 Å². The van der Waals surface area contributed by atoms with Gasteiger partial charge in [-0.3, -0.25) is 4.79 Å². The molecule has 110 valence electrons. The SMILES string of the molecule is COc1ccc(NC(=O)C2CCCCC2(C)N)cc1Cl. The van der Waals surface area contributed by atoms with Gasteiger partial charge in [0.1, 0.15) is 5.75 Å². The Bertz CT molecular complexity index is 503. The average Bonchev–Trinajstić information content (AvgIpc) is 2.38. The molecule has 1 aliphatic rings. The lowest BCUT2D eigenvalue weighted by Crippen LogP contribution is -2.51. The maximum atomic E-state index is 12.4. The summed E-state index contributed by atoms with van der Waals surface area (Å²) in [5.41, 5.74) is 6.48. The predicted octanol–water partition coefficient (Wildman–Crippen LogP) is 3.19. The highest BCUT2D eigenvalue weighted by atomic mass is 35.5. The van der Waals surface area contributed by atoms with E-state index in [-0.39, 0.29) is 11.8 Å². The van der Waals surface area contributed by atoms with Gasteiger partial charge < -0.3 is 15.8 Å². The summed E-state index contributed by atoms with van der Waals surface area (Å²) in [6, 6.07) is 5.20. The van der Waals surface area contributed by atoms with Crippen LogP contribution in [0.2, 0.25) is 5.02 Å². The number of carbonyl (C=O) groups is 1. The molecule has 2 unspecified atom stereocenters. The molecule has 0 aliphatic heterocycles. The van der Waals surface area contributed by atoms with Crippen LogP contribution >= 0.6 is 11.6 Å². The third-order valence-corrected chi connectivity index (χ3v) is 4.29. The van der Waals surface area contributed by atoms with Crippen LogP contribution in [0.4, 0.5) is 5.69 Å². The maximum Gasteiger partial charge on any atom is 0.229 e. The molecule has 20 heavy (non-hydrogen) atoms. The largest absolute Gasteiger partial charge is 0.495 e. The molecule has 4 nitrogen and oxygen atoms in total. The molecule has 0 heterocycles. The van der Waals surface area contributed by atoms with E-state index in [2.05, 4.69) is 5.32 Å². The van der Waals surface area contributed by atoms with Gasteiger partial charge in [-0.05, 0) is 38.0 Å². The molecule has 0 spiro atoms. The van der Waals surface area contributed by atoms with E-state index >= 15 is 0 Å². The summed E-state index contributed by atoms with van der Waals surface area (Å²) in [5, 5.41) is 3.38. The fourth-order valence-corrected chi connectivity index (χ4v) is 3.02. The Balaban J connectivity index is 2.09. The van der Waals surface area contributed by atoms with E-state index in [9.17, 15) is 4.79 Å². The molecule has 0 bridgehead atoms. The average molecular weight is 297 g/mol. The number of anilines is 1. The molecule has 5 heteroatoms. The molecule has 0 saturated heterocycles. The zero-order chi connectivity index (χ0) is 14.8. The summed E-state index contributed by atoms with van der Waals surface area (Å²) >= 11 is 6.05. The number of rotatable bonds is 3. The van der Waals surface area contributed by atoms with Crippen molar-refractivity contribution in [1.82, 2.24) is 0 Å². The van der Waals surface area contributed by atoms with Crippen molar-refractivity contribution in [2.75, 3.05) is 12.4 Å². The van der Waals surface area contributed by atoms with Crippen molar-refractivity contribution >= 4 is 23.2 Å². The van der Waals surface area contributed by atoms with Crippen LogP contribution in [0.1, 0.15) is 32.6 Å². The molecule has 1 fully saturated rings. The standard InChI is InChI=1S/C15H21ClN2O2/c1-15(17)8-4-3-5-11(15)14(19)18-10-6-7-13(20-2)12(16)9-10/h6-7,9,11H,3-5,8,17H2,1-2H3,(H,18,19). The first-order valence-electron chi connectivity index (χ1n) is 6.87. The van der Waals surface area contributed by atoms with Crippen molar-refractivity contribution in [2.45, 2.75) is 38.1 Å². The highest BCUT2D eigenvalue weighted by Crippen LogP contribution is 2.33. The van der Waals surface area contributed by atoms with Crippen LogP contribution in [0.15, 0.2) is 18.2 Å². The van der Waals surface area contributed by atoms with Gasteiger partial charge in [0.05, 0.1) is 18.1 Å². The van der Waals surface area contributed by atoms with Crippen LogP contribution in [-0.4, -0.2) is 18.6 Å². The molecule has 0 radical (unpaired) electrons. The van der Waals surface area contributed by atoms with Crippen LogP contribution in [0.5, 0.6) is 5.75 Å². The first-order valence-corrected chi connectivity index (χ1v) is 7.25. The zero-order valence-electron chi connectivity index (χ0n) is 11.9. The fraction of sp³-hybridized carbons (Fsp3) is 0.533. The number of hydrogen-bond acceptors (Lipinski definition) is 3. The van der Waals surface area contributed by atoms with Gasteiger partial charge in [0.15, 0.2) is 0 Å². The summed E-state index contributed by atoms with van der Waals surface area (Å²) in [7, 11) is 1.56. The lowest BCUT2D eigenvalue weighted by molar-refractivity contribution is -0.122. The molecule has 2 rings (SSSR count). The number of hydrogen-bond donors (Lipinski definition) is 2. The molecule has 1 aromatic rings. The number of nitrogens with two attached hydrogens (primary N) is 1. The number of amides is 1. The third-order valence-electron chi connectivity index (χ3n) is 3.99. The summed E-state index contributed by atoms with van der Waals surface area (Å²) in [6.07, 6.45) is 3.86. The van der Waals surface area contributed by atoms with Gasteiger partial charge in [-0.2, -0.15) is 0 Å². The summed E-state index contributed by atoms with van der Waals surface area (Å²) in [6.45, 7) is 1.96. The molecule has 2 atom stereocenters. The van der Waals surface area contributed by atoms with Gasteiger partial charge in [-0.15, -0.1) is 0 Å². The van der Waals surface area contributed by atoms with Crippen molar-refractivity contribution in [1.29, 1.82) is 0 Å². The Kier molecular flexibility index (Phi) is 4.55. The number of carbonyl (C=O) groups excluding carboxylic acids is 1. The molecule has 1 amide bonds. The van der Waals surface area contributed by atoms with Gasteiger partial charge in [0.25, 0.3) is 0 Å². The smallest absolute Gasteiger partial charge is 0.229 e. The van der Waals surface area contributed by atoms with Crippen molar-refractivity contribution in [3.8, 4) is 5.75 Å². The number of methoxy groups -OCH3 is 1. The maximum absolute atomic E-state index is 12.4. The highest BCUT2D eigenvalue weighted by molar-refractivity contribution is 6.32. The quantitative estimate of drug-likeness (QED) is 0.900. The fourth-order valence-electron chi connectivity index (χ4n) is 2.76. The Morgan fingerprint density at radius 1 is 1.50 bits per heavy atom. The number of halogens is 1. The molecule has 0 aromatic heterocycles. The van der Waals surface area contributed by atoms with Crippen LogP contribution in [0.3, 0.4) is 0 Å². The van der Waals surface area contributed by atoms with Crippen molar-refractivity contribution < 1.29 is 9.53 Å². The minimum atomic E-state index is -0.432. The second-order valence-corrected chi connectivity index (χ2v) is 6.05. The minimum Gasteiger partial charge on any atom is -0.495 e. The second kappa shape index (κ2) is 6.02.